The number of hydrogen-bond acceptors (Lipinski definition) is 16. The summed E-state index contributed by atoms with van der Waals surface area (Å²) >= 11 is 7.98. The largest absolute Gasteiger partial charge is 0.480 e. The Hall–Kier alpha value is -5.45. The van der Waals surface area contributed by atoms with Crippen molar-refractivity contribution in [3.8, 4) is 0 Å². The lowest BCUT2D eigenvalue weighted by molar-refractivity contribution is -0.142. The van der Waals surface area contributed by atoms with E-state index in [1.165, 1.54) is 18.7 Å². The Morgan fingerprint density at radius 3 is 1.60 bits per heavy atom. The van der Waals surface area contributed by atoms with Crippen LogP contribution < -0.4 is 71.6 Å². The zero-order chi connectivity index (χ0) is 50.8. The van der Waals surface area contributed by atoms with Crippen LogP contribution in [0.2, 0.25) is 0 Å². The van der Waals surface area contributed by atoms with Gasteiger partial charge < -0.3 is 81.6 Å². The molecule has 0 aromatic rings. The molecule has 9 amide bonds. The van der Waals surface area contributed by atoms with Gasteiger partial charge in [-0.25, -0.2) is 4.79 Å². The van der Waals surface area contributed by atoms with Gasteiger partial charge in [0.15, 0.2) is 5.96 Å². The molecular formula is C39H71N15O11S2. The van der Waals surface area contributed by atoms with Crippen LogP contribution in [-0.2, 0) is 47.9 Å². The lowest BCUT2D eigenvalue weighted by Crippen LogP contribution is -2.60. The SMILES string of the molecule is C[C@H](NC(=O)[C@H](CC(N)=O)NC(=O)[C@H](CCCCN)NC(=O)[C@H](C)NC(=O)[C@@H]1CCCN1C(=O)[C@H](CCCCN)NC(=O)[C@@H](N)CS)C(=O)N[C@@H](CCCN=C(N)N)C(=O)N[C@@H](CS)C(=O)O. The van der Waals surface area contributed by atoms with Crippen molar-refractivity contribution in [1.82, 2.24) is 42.1 Å². The molecule has 0 aliphatic carbocycles. The van der Waals surface area contributed by atoms with E-state index in [1.807, 2.05) is 0 Å². The number of carbonyl (C=O) groups is 10. The molecule has 9 atom stereocenters. The monoisotopic (exact) mass is 989 g/mol. The lowest BCUT2D eigenvalue weighted by atomic mass is 10.1. The van der Waals surface area contributed by atoms with E-state index in [-0.39, 0.29) is 69.2 Å². The van der Waals surface area contributed by atoms with Crippen molar-refractivity contribution in [1.29, 1.82) is 0 Å². The van der Waals surface area contributed by atoms with Crippen LogP contribution in [0.15, 0.2) is 4.99 Å². The average molecular weight is 990 g/mol. The summed E-state index contributed by atoms with van der Waals surface area (Å²) in [4.78, 5) is 136. The quantitative estimate of drug-likeness (QED) is 0.0129. The minimum Gasteiger partial charge on any atom is -0.480 e. The van der Waals surface area contributed by atoms with Crippen molar-refractivity contribution in [3.63, 3.8) is 0 Å². The number of carbonyl (C=O) groups excluding carboxylic acids is 9. The van der Waals surface area contributed by atoms with Crippen LogP contribution in [0, 0.1) is 0 Å². The van der Waals surface area contributed by atoms with Crippen LogP contribution in [0.4, 0.5) is 0 Å². The molecule has 1 aliphatic rings. The molecule has 1 saturated heterocycles. The van der Waals surface area contributed by atoms with Gasteiger partial charge in [0.25, 0.3) is 0 Å². The van der Waals surface area contributed by atoms with Gasteiger partial charge in [-0.3, -0.25) is 48.1 Å². The van der Waals surface area contributed by atoms with Crippen LogP contribution in [0.1, 0.15) is 84.5 Å². The van der Waals surface area contributed by atoms with Crippen LogP contribution in [0.3, 0.4) is 0 Å². The highest BCUT2D eigenvalue weighted by atomic mass is 32.1. The average Bonchev–Trinajstić information content (AvgIpc) is 3.77. The molecule has 0 bridgehead atoms. The topological polar surface area (TPSA) is 447 Å². The minimum atomic E-state index is -1.67. The van der Waals surface area contributed by atoms with E-state index >= 15 is 0 Å². The van der Waals surface area contributed by atoms with Gasteiger partial charge in [-0.05, 0) is 91.1 Å². The molecule has 1 fully saturated rings. The third kappa shape index (κ3) is 21.8. The highest BCUT2D eigenvalue weighted by Gasteiger charge is 2.39. The number of guanidine groups is 1. The number of nitrogens with two attached hydrogens (primary N) is 6. The predicted octanol–water partition coefficient (Wildman–Crippen LogP) is -6.13. The van der Waals surface area contributed by atoms with Gasteiger partial charge in [-0.15, -0.1) is 0 Å². The number of aliphatic imine (C=N–C) groups is 1. The van der Waals surface area contributed by atoms with Gasteiger partial charge in [0.05, 0.1) is 12.5 Å². The molecule has 26 nitrogen and oxygen atoms in total. The summed E-state index contributed by atoms with van der Waals surface area (Å²) in [6.45, 7) is 3.48. The van der Waals surface area contributed by atoms with Crippen LogP contribution in [0.25, 0.3) is 0 Å². The van der Waals surface area contributed by atoms with Gasteiger partial charge >= 0.3 is 5.97 Å². The zero-order valence-corrected chi connectivity index (χ0v) is 39.8. The smallest absolute Gasteiger partial charge is 0.327 e. The minimum absolute atomic E-state index is 0.000789. The number of likely N-dealkylation sites (tertiary alicyclic amines) is 1. The molecule has 20 N–H and O–H groups in total. The first-order valence-corrected chi connectivity index (χ1v) is 23.3. The van der Waals surface area contributed by atoms with Crippen molar-refractivity contribution in [3.05, 3.63) is 0 Å². The first-order valence-electron chi connectivity index (χ1n) is 22.0. The summed E-state index contributed by atoms with van der Waals surface area (Å²) in [6, 6.07) is -11.3. The van der Waals surface area contributed by atoms with Gasteiger partial charge in [0.1, 0.15) is 48.3 Å². The maximum atomic E-state index is 13.7. The second-order valence-corrected chi connectivity index (χ2v) is 16.7. The number of carboxylic acids is 1. The van der Waals surface area contributed by atoms with Crippen LogP contribution in [-0.4, -0.2) is 167 Å². The summed E-state index contributed by atoms with van der Waals surface area (Å²) in [7, 11) is 0. The summed E-state index contributed by atoms with van der Waals surface area (Å²) in [5.74, 6) is -9.14. The van der Waals surface area contributed by atoms with E-state index < -0.39 is 120 Å². The fourth-order valence-electron chi connectivity index (χ4n) is 6.64. The molecule has 0 aromatic heterocycles. The fourth-order valence-corrected chi connectivity index (χ4v) is 7.05. The van der Waals surface area contributed by atoms with Crippen molar-refractivity contribution >= 4 is 90.4 Å². The fraction of sp³-hybridized carbons (Fsp3) is 0.718. The first-order chi connectivity index (χ1) is 31.6. The number of primary amides is 1. The maximum absolute atomic E-state index is 13.7. The number of amides is 9. The van der Waals surface area contributed by atoms with E-state index in [9.17, 15) is 53.1 Å². The molecule has 0 aromatic carbocycles. The third-order valence-corrected chi connectivity index (χ3v) is 11.2. The third-order valence-electron chi connectivity index (χ3n) is 10.4. The number of hydrogen-bond donors (Lipinski definition) is 16. The van der Waals surface area contributed by atoms with Gasteiger partial charge in [-0.1, -0.05) is 0 Å². The van der Waals surface area contributed by atoms with E-state index in [0.29, 0.717) is 38.6 Å². The molecule has 28 heteroatoms. The summed E-state index contributed by atoms with van der Waals surface area (Å²) in [5.41, 5.74) is 33.2. The summed E-state index contributed by atoms with van der Waals surface area (Å²) in [6.07, 6.45) is 2.19. The van der Waals surface area contributed by atoms with Crippen molar-refractivity contribution in [2.75, 3.05) is 37.7 Å². The second-order valence-electron chi connectivity index (χ2n) is 16.0. The number of nitrogens with zero attached hydrogens (tertiary/aromatic N) is 2. The molecule has 0 saturated carbocycles. The Morgan fingerprint density at radius 1 is 0.627 bits per heavy atom. The van der Waals surface area contributed by atoms with Crippen LogP contribution >= 0.6 is 25.3 Å². The van der Waals surface area contributed by atoms with E-state index in [0.717, 1.165) is 0 Å². The van der Waals surface area contributed by atoms with Gasteiger partial charge in [-0.2, -0.15) is 25.3 Å². The second kappa shape index (κ2) is 31.5. The normalized spacial score (nSPS) is 16.8. The highest BCUT2D eigenvalue weighted by Crippen LogP contribution is 2.20. The van der Waals surface area contributed by atoms with E-state index in [2.05, 4.69) is 67.5 Å². The van der Waals surface area contributed by atoms with E-state index in [1.54, 1.807) is 0 Å². The Labute approximate surface area is 400 Å². The molecule has 1 aliphatic heterocycles. The molecule has 0 radical (unpaired) electrons. The van der Waals surface area contributed by atoms with Gasteiger partial charge in [0.2, 0.25) is 53.2 Å². The highest BCUT2D eigenvalue weighted by molar-refractivity contribution is 7.80. The van der Waals surface area contributed by atoms with E-state index in [4.69, 9.17) is 34.4 Å². The lowest BCUT2D eigenvalue weighted by Gasteiger charge is -2.30. The van der Waals surface area contributed by atoms with Gasteiger partial charge in [0, 0.05) is 24.6 Å². The zero-order valence-electron chi connectivity index (χ0n) is 38.0. The molecule has 380 valence electrons. The van der Waals surface area contributed by atoms with Crippen molar-refractivity contribution in [2.24, 2.45) is 39.4 Å². The predicted molar refractivity (Wildman–Crippen MR) is 252 cm³/mol. The Balaban J connectivity index is 3.16. The Kier molecular flexibility index (Phi) is 28.0. The van der Waals surface area contributed by atoms with Crippen molar-refractivity contribution < 1.29 is 53.1 Å². The molecule has 1 heterocycles. The molecule has 67 heavy (non-hydrogen) atoms. The standard InChI is InChI=1S/C39H71N15O11S2/c1-20(30(56)50-24(11-7-15-46-39(44)45)34(60)53-27(19-67)38(64)65)47-35(61)26(17-29(43)55)52-33(59)23(9-3-5-13-40)49-31(57)21(2)48-36(62)28-12-8-16-54(28)37(63)25(10-4-6-14-41)51-32(58)22(42)18-66/h20-28,66-67H,3-19,40-42H2,1-2H3,(H2,43,55)(H,47,61)(H,48,62)(H,49,57)(H,50,56)(H,51,58)(H,52,59)(H,53,60)(H,64,65)(H4,44,45,46)/t20-,21-,22-,23-,24-,25-,26-,27-,28-/m0/s1. The first kappa shape index (κ1) is 59.6. The molecular weight excluding hydrogens is 919 g/mol. The number of unbranched alkanes of at least 4 members (excludes halogenated alkanes) is 2. The number of rotatable bonds is 32. The number of thiol groups is 2. The Bertz CT molecular complexity index is 1740. The summed E-state index contributed by atoms with van der Waals surface area (Å²) in [5, 5.41) is 26.6. The van der Waals surface area contributed by atoms with Crippen molar-refractivity contribution in [2.45, 2.75) is 139 Å². The van der Waals surface area contributed by atoms with Crippen LogP contribution in [0.5, 0.6) is 0 Å². The molecule has 1 rings (SSSR count). The number of carboxylic acid groups (broad SMARTS) is 1. The summed E-state index contributed by atoms with van der Waals surface area (Å²) < 4.78 is 0. The number of aliphatic carboxylic acids is 1. The molecule has 0 spiro atoms. The number of nitrogens with one attached hydrogen (secondary N) is 7. The molecule has 0 unspecified atom stereocenters. The maximum Gasteiger partial charge on any atom is 0.327 e. The Morgan fingerprint density at radius 2 is 1.10 bits per heavy atom.